The van der Waals surface area contributed by atoms with E-state index in [0.717, 1.165) is 6.42 Å². The second kappa shape index (κ2) is 6.90. The first kappa shape index (κ1) is 16.7. The highest BCUT2D eigenvalue weighted by Crippen LogP contribution is 2.20. The molecule has 0 amide bonds. The SMILES string of the molecule is COC(=O)c1cc(CNCC(O)CC(C)(C)C)oc1C. The van der Waals surface area contributed by atoms with E-state index in [-0.39, 0.29) is 5.41 Å². The molecule has 1 heterocycles. The predicted molar refractivity (Wildman–Crippen MR) is 76.6 cm³/mol. The van der Waals surface area contributed by atoms with Crippen molar-refractivity contribution in [2.24, 2.45) is 5.41 Å². The van der Waals surface area contributed by atoms with E-state index in [1.54, 1.807) is 13.0 Å². The summed E-state index contributed by atoms with van der Waals surface area (Å²) < 4.78 is 10.1. The Labute approximate surface area is 120 Å². The number of rotatable bonds is 6. The molecule has 0 aliphatic rings. The first-order valence-corrected chi connectivity index (χ1v) is 6.79. The highest BCUT2D eigenvalue weighted by Gasteiger charge is 2.17. The highest BCUT2D eigenvalue weighted by molar-refractivity contribution is 5.90. The number of nitrogens with one attached hydrogen (secondary N) is 1. The van der Waals surface area contributed by atoms with Gasteiger partial charge in [-0.2, -0.15) is 0 Å². The van der Waals surface area contributed by atoms with Crippen LogP contribution in [0.25, 0.3) is 0 Å². The normalized spacial score (nSPS) is 13.3. The Morgan fingerprint density at radius 2 is 2.15 bits per heavy atom. The van der Waals surface area contributed by atoms with Crippen molar-refractivity contribution in [1.29, 1.82) is 0 Å². The standard InChI is InChI=1S/C15H25NO4/c1-10-13(14(18)19-5)6-12(20-10)9-16-8-11(17)7-15(2,3)4/h6,11,16-17H,7-9H2,1-5H3. The number of esters is 1. The van der Waals surface area contributed by atoms with Gasteiger partial charge in [0.1, 0.15) is 17.1 Å². The zero-order valence-corrected chi connectivity index (χ0v) is 12.9. The number of carbonyl (C=O) groups excluding carboxylic acids is 1. The van der Waals surface area contributed by atoms with Crippen LogP contribution in [0.2, 0.25) is 0 Å². The number of aliphatic hydroxyl groups is 1. The number of aryl methyl sites for hydroxylation is 1. The van der Waals surface area contributed by atoms with Crippen molar-refractivity contribution in [2.45, 2.75) is 46.8 Å². The average Bonchev–Trinajstić information content (AvgIpc) is 2.67. The molecular formula is C15H25NO4. The molecule has 0 aliphatic carbocycles. The van der Waals surface area contributed by atoms with Gasteiger partial charge in [-0.15, -0.1) is 0 Å². The Kier molecular flexibility index (Phi) is 5.77. The van der Waals surface area contributed by atoms with Crippen molar-refractivity contribution in [3.63, 3.8) is 0 Å². The van der Waals surface area contributed by atoms with Crippen LogP contribution in [0.1, 0.15) is 49.1 Å². The molecule has 1 aromatic rings. The van der Waals surface area contributed by atoms with E-state index in [9.17, 15) is 9.90 Å². The minimum absolute atomic E-state index is 0.0976. The highest BCUT2D eigenvalue weighted by atomic mass is 16.5. The monoisotopic (exact) mass is 283 g/mol. The summed E-state index contributed by atoms with van der Waals surface area (Å²) in [6, 6.07) is 1.67. The second-order valence-electron chi connectivity index (χ2n) is 6.22. The van der Waals surface area contributed by atoms with Gasteiger partial charge in [-0.25, -0.2) is 4.79 Å². The lowest BCUT2D eigenvalue weighted by Gasteiger charge is -2.22. The molecule has 0 aliphatic heterocycles. The van der Waals surface area contributed by atoms with Crippen LogP contribution in [-0.2, 0) is 11.3 Å². The first-order chi connectivity index (χ1) is 9.23. The van der Waals surface area contributed by atoms with Crippen molar-refractivity contribution >= 4 is 5.97 Å². The molecule has 5 nitrogen and oxygen atoms in total. The molecular weight excluding hydrogens is 258 g/mol. The van der Waals surface area contributed by atoms with Crippen molar-refractivity contribution in [3.8, 4) is 0 Å². The van der Waals surface area contributed by atoms with Crippen LogP contribution in [0.3, 0.4) is 0 Å². The molecule has 1 atom stereocenters. The Morgan fingerprint density at radius 1 is 1.50 bits per heavy atom. The smallest absolute Gasteiger partial charge is 0.341 e. The van der Waals surface area contributed by atoms with Gasteiger partial charge in [0.2, 0.25) is 0 Å². The molecule has 0 spiro atoms. The molecule has 0 aromatic carbocycles. The molecule has 2 N–H and O–H groups in total. The first-order valence-electron chi connectivity index (χ1n) is 6.79. The lowest BCUT2D eigenvalue weighted by Crippen LogP contribution is -2.29. The fraction of sp³-hybridized carbons (Fsp3) is 0.667. The fourth-order valence-electron chi connectivity index (χ4n) is 2.08. The van der Waals surface area contributed by atoms with E-state index in [0.29, 0.717) is 30.2 Å². The summed E-state index contributed by atoms with van der Waals surface area (Å²) in [5, 5.41) is 13.0. The molecule has 1 aromatic heterocycles. The fourth-order valence-corrected chi connectivity index (χ4v) is 2.08. The summed E-state index contributed by atoms with van der Waals surface area (Å²) in [7, 11) is 1.34. The second-order valence-corrected chi connectivity index (χ2v) is 6.22. The summed E-state index contributed by atoms with van der Waals surface area (Å²) in [4.78, 5) is 11.4. The van der Waals surface area contributed by atoms with Crippen LogP contribution in [0.4, 0.5) is 0 Å². The van der Waals surface area contributed by atoms with Gasteiger partial charge in [0.05, 0.1) is 19.8 Å². The lowest BCUT2D eigenvalue weighted by molar-refractivity contribution is 0.0598. The van der Waals surface area contributed by atoms with E-state index in [2.05, 4.69) is 30.8 Å². The quantitative estimate of drug-likeness (QED) is 0.784. The lowest BCUT2D eigenvalue weighted by atomic mass is 9.89. The summed E-state index contributed by atoms with van der Waals surface area (Å²) in [6.45, 7) is 8.96. The number of ether oxygens (including phenoxy) is 1. The molecule has 0 bridgehead atoms. The number of methoxy groups -OCH3 is 1. The van der Waals surface area contributed by atoms with Gasteiger partial charge in [-0.05, 0) is 24.8 Å². The maximum absolute atomic E-state index is 11.4. The van der Waals surface area contributed by atoms with E-state index in [1.807, 2.05) is 0 Å². The molecule has 0 saturated carbocycles. The van der Waals surface area contributed by atoms with Gasteiger partial charge < -0.3 is 19.6 Å². The van der Waals surface area contributed by atoms with Crippen LogP contribution in [0.15, 0.2) is 10.5 Å². The van der Waals surface area contributed by atoms with E-state index in [4.69, 9.17) is 4.42 Å². The van der Waals surface area contributed by atoms with Gasteiger partial charge in [-0.1, -0.05) is 20.8 Å². The van der Waals surface area contributed by atoms with Crippen LogP contribution in [0.5, 0.6) is 0 Å². The molecule has 0 radical (unpaired) electrons. The Bertz CT molecular complexity index is 445. The summed E-state index contributed by atoms with van der Waals surface area (Å²) in [5.74, 6) is 0.806. The average molecular weight is 283 g/mol. The number of furan rings is 1. The van der Waals surface area contributed by atoms with E-state index < -0.39 is 12.1 Å². The summed E-state index contributed by atoms with van der Waals surface area (Å²) in [5.41, 5.74) is 0.542. The Morgan fingerprint density at radius 3 is 2.70 bits per heavy atom. The zero-order chi connectivity index (χ0) is 15.3. The summed E-state index contributed by atoms with van der Waals surface area (Å²) >= 11 is 0. The molecule has 0 fully saturated rings. The van der Waals surface area contributed by atoms with Gasteiger partial charge in [0.15, 0.2) is 0 Å². The number of hydrogen-bond donors (Lipinski definition) is 2. The van der Waals surface area contributed by atoms with Crippen molar-refractivity contribution < 1.29 is 19.1 Å². The van der Waals surface area contributed by atoms with Crippen molar-refractivity contribution in [2.75, 3.05) is 13.7 Å². The third-order valence-corrected chi connectivity index (χ3v) is 2.90. The van der Waals surface area contributed by atoms with Gasteiger partial charge in [0, 0.05) is 6.54 Å². The Balaban J connectivity index is 2.45. The molecule has 114 valence electrons. The van der Waals surface area contributed by atoms with Crippen LogP contribution >= 0.6 is 0 Å². The summed E-state index contributed by atoms with van der Waals surface area (Å²) in [6.07, 6.45) is 0.330. The van der Waals surface area contributed by atoms with Crippen LogP contribution in [0, 0.1) is 12.3 Å². The van der Waals surface area contributed by atoms with Crippen LogP contribution < -0.4 is 5.32 Å². The third kappa shape index (κ3) is 5.35. The molecule has 20 heavy (non-hydrogen) atoms. The molecule has 0 saturated heterocycles. The van der Waals surface area contributed by atoms with Gasteiger partial charge >= 0.3 is 5.97 Å². The topological polar surface area (TPSA) is 71.7 Å². The maximum Gasteiger partial charge on any atom is 0.341 e. The molecule has 1 unspecified atom stereocenters. The zero-order valence-electron chi connectivity index (χ0n) is 12.9. The minimum atomic E-state index is -0.398. The molecule has 5 heteroatoms. The minimum Gasteiger partial charge on any atom is -0.465 e. The van der Waals surface area contributed by atoms with Gasteiger partial charge in [-0.3, -0.25) is 0 Å². The van der Waals surface area contributed by atoms with E-state index >= 15 is 0 Å². The predicted octanol–water partition coefficient (Wildman–Crippen LogP) is 2.26. The Hall–Kier alpha value is -1.33. The van der Waals surface area contributed by atoms with Crippen LogP contribution in [-0.4, -0.2) is 30.8 Å². The molecule has 1 rings (SSSR count). The number of hydrogen-bond acceptors (Lipinski definition) is 5. The third-order valence-electron chi connectivity index (χ3n) is 2.90. The van der Waals surface area contributed by atoms with Crippen molar-refractivity contribution in [3.05, 3.63) is 23.2 Å². The van der Waals surface area contributed by atoms with E-state index in [1.165, 1.54) is 7.11 Å². The number of carbonyl (C=O) groups is 1. The number of aliphatic hydroxyl groups excluding tert-OH is 1. The van der Waals surface area contributed by atoms with Gasteiger partial charge in [0.25, 0.3) is 0 Å². The van der Waals surface area contributed by atoms with Crippen molar-refractivity contribution in [1.82, 2.24) is 5.32 Å². The maximum atomic E-state index is 11.4. The largest absolute Gasteiger partial charge is 0.465 e.